The molecule has 2 N–H and O–H groups in total. The summed E-state index contributed by atoms with van der Waals surface area (Å²) in [7, 11) is -3.79. The molecule has 0 saturated carbocycles. The normalized spacial score (nSPS) is 20.3. The van der Waals surface area contributed by atoms with Crippen molar-refractivity contribution < 1.29 is 18.0 Å². The number of likely N-dealkylation sites (tertiary alicyclic amines) is 1. The highest BCUT2D eigenvalue weighted by atomic mass is 32.2. The third kappa shape index (κ3) is 4.27. The Morgan fingerprint density at radius 2 is 1.77 bits per heavy atom. The van der Waals surface area contributed by atoms with E-state index < -0.39 is 15.9 Å². The van der Waals surface area contributed by atoms with Gasteiger partial charge >= 0.3 is 0 Å². The van der Waals surface area contributed by atoms with E-state index in [1.54, 1.807) is 17.0 Å². The number of para-hydroxylation sites is 1. The van der Waals surface area contributed by atoms with Crippen LogP contribution in [0.1, 0.15) is 36.2 Å². The smallest absolute Gasteiger partial charge is 0.270 e. The summed E-state index contributed by atoms with van der Waals surface area (Å²) in [5, 5.41) is 2.86. The second kappa shape index (κ2) is 8.61. The van der Waals surface area contributed by atoms with Crippen LogP contribution in [0.4, 0.5) is 5.69 Å². The van der Waals surface area contributed by atoms with Crippen molar-refractivity contribution in [2.24, 2.45) is 5.92 Å². The minimum atomic E-state index is -3.79. The Hall–Kier alpha value is -2.65. The molecule has 30 heavy (non-hydrogen) atoms. The monoisotopic (exact) mass is 430 g/mol. The molecule has 0 spiro atoms. The zero-order chi connectivity index (χ0) is 21.1. The highest BCUT2D eigenvalue weighted by Gasteiger charge is 2.34. The molecule has 1 atom stereocenters. The SMILES string of the molecule is O=C(Nc1ccccc1)[C@@H]1CCCN(S(=O)(=O)c2c[nH]c(C(=O)N3CCCC3)c2)C1. The van der Waals surface area contributed by atoms with Crippen LogP contribution in [0.25, 0.3) is 0 Å². The molecule has 0 unspecified atom stereocenters. The number of benzene rings is 1. The van der Waals surface area contributed by atoms with Crippen molar-refractivity contribution in [2.75, 3.05) is 31.5 Å². The number of sulfonamides is 1. The number of carbonyl (C=O) groups is 2. The molecule has 2 aliphatic heterocycles. The highest BCUT2D eigenvalue weighted by Crippen LogP contribution is 2.26. The second-order valence-electron chi connectivity index (χ2n) is 7.81. The van der Waals surface area contributed by atoms with Crippen molar-refractivity contribution in [1.29, 1.82) is 0 Å². The molecule has 160 valence electrons. The van der Waals surface area contributed by atoms with Crippen LogP contribution in [0.5, 0.6) is 0 Å². The standard InChI is InChI=1S/C21H26N4O4S/c26-20(23-17-8-2-1-3-9-17)16-7-6-12-25(15-16)30(28,29)18-13-19(22-14-18)21(27)24-10-4-5-11-24/h1-3,8-9,13-14,16,22H,4-7,10-12,15H2,(H,23,26)/t16-/m1/s1. The van der Waals surface area contributed by atoms with Crippen molar-refractivity contribution in [1.82, 2.24) is 14.2 Å². The predicted molar refractivity (Wildman–Crippen MR) is 112 cm³/mol. The number of nitrogens with zero attached hydrogens (tertiary/aromatic N) is 2. The summed E-state index contributed by atoms with van der Waals surface area (Å²) in [4.78, 5) is 29.8. The number of aromatic nitrogens is 1. The van der Waals surface area contributed by atoms with Crippen LogP contribution in [0, 0.1) is 5.92 Å². The number of anilines is 1. The predicted octanol–water partition coefficient (Wildman–Crippen LogP) is 2.29. The van der Waals surface area contributed by atoms with Gasteiger partial charge < -0.3 is 15.2 Å². The fraction of sp³-hybridized carbons (Fsp3) is 0.429. The Kier molecular flexibility index (Phi) is 5.92. The van der Waals surface area contributed by atoms with Crippen molar-refractivity contribution in [2.45, 2.75) is 30.6 Å². The van der Waals surface area contributed by atoms with E-state index in [4.69, 9.17) is 0 Å². The average Bonchev–Trinajstić information content (AvgIpc) is 3.47. The van der Waals surface area contributed by atoms with Gasteiger partial charge in [0.05, 0.1) is 5.92 Å². The summed E-state index contributed by atoms with van der Waals surface area (Å²) in [5.41, 5.74) is 0.976. The molecule has 0 aliphatic carbocycles. The fourth-order valence-electron chi connectivity index (χ4n) is 4.03. The van der Waals surface area contributed by atoms with Crippen molar-refractivity contribution in [3.05, 3.63) is 48.3 Å². The van der Waals surface area contributed by atoms with Gasteiger partial charge in [0.15, 0.2) is 0 Å². The lowest BCUT2D eigenvalue weighted by atomic mass is 9.99. The number of amides is 2. The fourth-order valence-corrected chi connectivity index (χ4v) is 5.55. The lowest BCUT2D eigenvalue weighted by molar-refractivity contribution is -0.120. The van der Waals surface area contributed by atoms with Crippen molar-refractivity contribution in [3.63, 3.8) is 0 Å². The number of rotatable bonds is 5. The molecule has 0 bridgehead atoms. The van der Waals surface area contributed by atoms with Gasteiger partial charge in [-0.2, -0.15) is 4.31 Å². The molecule has 3 heterocycles. The van der Waals surface area contributed by atoms with Gasteiger partial charge in [0.1, 0.15) is 10.6 Å². The maximum absolute atomic E-state index is 13.1. The molecule has 2 aromatic rings. The third-order valence-electron chi connectivity index (χ3n) is 5.71. The molecule has 1 aromatic heterocycles. The Balaban J connectivity index is 1.45. The maximum atomic E-state index is 13.1. The van der Waals surface area contributed by atoms with Crippen LogP contribution in [-0.4, -0.2) is 60.6 Å². The Morgan fingerprint density at radius 3 is 2.50 bits per heavy atom. The molecule has 2 fully saturated rings. The first-order chi connectivity index (χ1) is 14.4. The summed E-state index contributed by atoms with van der Waals surface area (Å²) in [6.07, 6.45) is 4.55. The first kappa shape index (κ1) is 20.6. The van der Waals surface area contributed by atoms with Gasteiger partial charge in [-0.15, -0.1) is 0 Å². The van der Waals surface area contributed by atoms with Gasteiger partial charge in [0.2, 0.25) is 15.9 Å². The Bertz CT molecular complexity index is 1010. The summed E-state index contributed by atoms with van der Waals surface area (Å²) >= 11 is 0. The van der Waals surface area contributed by atoms with Gasteiger partial charge in [0.25, 0.3) is 5.91 Å². The van der Waals surface area contributed by atoms with E-state index in [9.17, 15) is 18.0 Å². The molecule has 0 radical (unpaired) electrons. The summed E-state index contributed by atoms with van der Waals surface area (Å²) in [5.74, 6) is -0.772. The van der Waals surface area contributed by atoms with Gasteiger partial charge in [-0.3, -0.25) is 9.59 Å². The quantitative estimate of drug-likeness (QED) is 0.760. The van der Waals surface area contributed by atoms with E-state index in [1.807, 2.05) is 18.2 Å². The maximum Gasteiger partial charge on any atom is 0.270 e. The van der Waals surface area contributed by atoms with E-state index in [2.05, 4.69) is 10.3 Å². The number of hydrogen-bond acceptors (Lipinski definition) is 4. The van der Waals surface area contributed by atoms with Gasteiger partial charge in [-0.25, -0.2) is 8.42 Å². The lowest BCUT2D eigenvalue weighted by Gasteiger charge is -2.30. The third-order valence-corrected chi connectivity index (χ3v) is 7.56. The summed E-state index contributed by atoms with van der Waals surface area (Å²) < 4.78 is 27.6. The number of nitrogens with one attached hydrogen (secondary N) is 2. The number of aromatic amines is 1. The van der Waals surface area contributed by atoms with Gasteiger partial charge in [0, 0.05) is 38.1 Å². The minimum Gasteiger partial charge on any atom is -0.356 e. The number of hydrogen-bond donors (Lipinski definition) is 2. The number of H-pyrrole nitrogens is 1. The zero-order valence-electron chi connectivity index (χ0n) is 16.7. The van der Waals surface area contributed by atoms with Crippen LogP contribution in [0.3, 0.4) is 0 Å². The van der Waals surface area contributed by atoms with Crippen molar-refractivity contribution in [3.8, 4) is 0 Å². The molecular weight excluding hydrogens is 404 g/mol. The first-order valence-corrected chi connectivity index (χ1v) is 11.7. The molecule has 2 amide bonds. The van der Waals surface area contributed by atoms with Crippen LogP contribution in [0.15, 0.2) is 47.5 Å². The van der Waals surface area contributed by atoms with E-state index in [0.717, 1.165) is 12.8 Å². The summed E-state index contributed by atoms with van der Waals surface area (Å²) in [6.45, 7) is 1.88. The molecule has 1 aromatic carbocycles. The van der Waals surface area contributed by atoms with E-state index in [1.165, 1.54) is 16.6 Å². The van der Waals surface area contributed by atoms with Crippen LogP contribution < -0.4 is 5.32 Å². The van der Waals surface area contributed by atoms with E-state index in [-0.39, 0.29) is 28.9 Å². The Labute approximate surface area is 176 Å². The van der Waals surface area contributed by atoms with Crippen LogP contribution in [-0.2, 0) is 14.8 Å². The second-order valence-corrected chi connectivity index (χ2v) is 9.74. The van der Waals surface area contributed by atoms with Crippen LogP contribution in [0.2, 0.25) is 0 Å². The lowest BCUT2D eigenvalue weighted by Crippen LogP contribution is -2.43. The van der Waals surface area contributed by atoms with E-state index in [0.29, 0.717) is 38.2 Å². The molecule has 4 rings (SSSR count). The molecule has 8 nitrogen and oxygen atoms in total. The largest absolute Gasteiger partial charge is 0.356 e. The highest BCUT2D eigenvalue weighted by molar-refractivity contribution is 7.89. The van der Waals surface area contributed by atoms with E-state index >= 15 is 0 Å². The van der Waals surface area contributed by atoms with Gasteiger partial charge in [-0.05, 0) is 43.9 Å². The number of carbonyl (C=O) groups excluding carboxylic acids is 2. The first-order valence-electron chi connectivity index (χ1n) is 10.3. The molecule has 2 saturated heterocycles. The molecule has 2 aliphatic rings. The van der Waals surface area contributed by atoms with Crippen molar-refractivity contribution >= 4 is 27.5 Å². The van der Waals surface area contributed by atoms with Gasteiger partial charge in [-0.1, -0.05) is 18.2 Å². The zero-order valence-corrected chi connectivity index (χ0v) is 17.5. The average molecular weight is 431 g/mol. The minimum absolute atomic E-state index is 0.0640. The summed E-state index contributed by atoms with van der Waals surface area (Å²) in [6, 6.07) is 10.5. The topological polar surface area (TPSA) is 103 Å². The molecule has 9 heteroatoms. The number of piperidine rings is 1. The van der Waals surface area contributed by atoms with Crippen LogP contribution >= 0.6 is 0 Å². The molecular formula is C21H26N4O4S. The Morgan fingerprint density at radius 1 is 1.03 bits per heavy atom.